The molecule has 4 aromatic rings. The summed E-state index contributed by atoms with van der Waals surface area (Å²) in [6.07, 6.45) is 4.59. The van der Waals surface area contributed by atoms with E-state index in [1.54, 1.807) is 6.26 Å². The first-order valence-corrected chi connectivity index (χ1v) is 14.0. The highest BCUT2D eigenvalue weighted by atomic mass is 32.2. The van der Waals surface area contributed by atoms with Gasteiger partial charge in [-0.05, 0) is 72.3 Å². The Kier molecular flexibility index (Phi) is 8.08. The Balaban J connectivity index is 1.46. The summed E-state index contributed by atoms with van der Waals surface area (Å²) in [6.45, 7) is 3.80. The molecule has 1 aliphatic heterocycles. The number of rotatable bonds is 8. The average molecular weight is 520 g/mol. The van der Waals surface area contributed by atoms with E-state index in [-0.39, 0.29) is 0 Å². The number of benzene rings is 4. The Morgan fingerprint density at radius 3 is 2.43 bits per heavy atom. The molecule has 1 atom stereocenters. The first-order valence-electron chi connectivity index (χ1n) is 12.7. The Hall–Kier alpha value is -2.93. The Morgan fingerprint density at radius 1 is 0.919 bits per heavy atom. The summed E-state index contributed by atoms with van der Waals surface area (Å²) in [7, 11) is 0. The minimum absolute atomic E-state index is 0.350. The van der Waals surface area contributed by atoms with Gasteiger partial charge in [-0.2, -0.15) is 0 Å². The molecular formula is C31H31F2NO2S. The van der Waals surface area contributed by atoms with Crippen LogP contribution in [0.15, 0.2) is 77.7 Å². The van der Waals surface area contributed by atoms with Crippen LogP contribution in [-0.4, -0.2) is 42.5 Å². The van der Waals surface area contributed by atoms with Crippen LogP contribution in [0.1, 0.15) is 36.5 Å². The fraction of sp³-hybridized carbons (Fsp3) is 0.290. The average Bonchev–Trinajstić information content (AvgIpc) is 2.92. The van der Waals surface area contributed by atoms with Crippen LogP contribution < -0.4 is 4.74 Å². The van der Waals surface area contributed by atoms with Crippen LogP contribution in [0.3, 0.4) is 0 Å². The zero-order valence-corrected chi connectivity index (χ0v) is 21.7. The molecule has 5 rings (SSSR count). The number of nitrogens with zero attached hydrogens (tertiary/aromatic N) is 1. The van der Waals surface area contributed by atoms with Gasteiger partial charge in [0.05, 0.1) is 4.90 Å². The van der Waals surface area contributed by atoms with Crippen molar-refractivity contribution in [3.05, 3.63) is 95.6 Å². The maximum Gasteiger partial charge on any atom is 0.140 e. The van der Waals surface area contributed by atoms with Crippen LogP contribution >= 0.6 is 11.8 Å². The number of thioether (sulfide) groups is 1. The molecule has 0 bridgehead atoms. The predicted molar refractivity (Wildman–Crippen MR) is 147 cm³/mol. The lowest BCUT2D eigenvalue weighted by Gasteiger charge is -2.26. The minimum Gasteiger partial charge on any atom is -0.492 e. The Bertz CT molecular complexity index is 1370. The van der Waals surface area contributed by atoms with E-state index in [9.17, 15) is 13.9 Å². The van der Waals surface area contributed by atoms with Gasteiger partial charge in [0.2, 0.25) is 0 Å². The van der Waals surface area contributed by atoms with E-state index in [0.717, 1.165) is 42.2 Å². The normalized spacial score (nSPS) is 15.1. The van der Waals surface area contributed by atoms with Gasteiger partial charge in [-0.3, -0.25) is 4.90 Å². The summed E-state index contributed by atoms with van der Waals surface area (Å²) < 4.78 is 35.0. The predicted octanol–water partition coefficient (Wildman–Crippen LogP) is 7.45. The third-order valence-corrected chi connectivity index (χ3v) is 7.89. The summed E-state index contributed by atoms with van der Waals surface area (Å²) >= 11 is 1.22. The van der Waals surface area contributed by atoms with Crippen molar-refractivity contribution in [2.75, 3.05) is 32.5 Å². The number of piperidine rings is 1. The van der Waals surface area contributed by atoms with Gasteiger partial charge in [-0.15, -0.1) is 11.8 Å². The zero-order chi connectivity index (χ0) is 25.8. The third kappa shape index (κ3) is 5.66. The highest BCUT2D eigenvalue weighted by molar-refractivity contribution is 7.98. The molecule has 1 N–H and O–H groups in total. The smallest absolute Gasteiger partial charge is 0.140 e. The molecule has 1 fully saturated rings. The molecular weight excluding hydrogens is 488 g/mol. The summed E-state index contributed by atoms with van der Waals surface area (Å²) in [6, 6.07) is 21.2. The number of hydrogen-bond acceptors (Lipinski definition) is 4. The van der Waals surface area contributed by atoms with Crippen molar-refractivity contribution in [2.24, 2.45) is 0 Å². The lowest BCUT2D eigenvalue weighted by molar-refractivity contribution is 0.183. The Morgan fingerprint density at radius 2 is 1.68 bits per heavy atom. The third-order valence-electron chi connectivity index (χ3n) is 7.07. The highest BCUT2D eigenvalue weighted by Crippen LogP contribution is 2.42. The first kappa shape index (κ1) is 25.7. The van der Waals surface area contributed by atoms with E-state index < -0.39 is 17.7 Å². The van der Waals surface area contributed by atoms with Gasteiger partial charge in [-0.1, -0.05) is 55.0 Å². The molecule has 6 heteroatoms. The molecule has 1 saturated heterocycles. The number of fused-ring (bicyclic) bond motifs is 1. The molecule has 1 heterocycles. The van der Waals surface area contributed by atoms with Crippen LogP contribution in [0, 0.1) is 11.6 Å². The van der Waals surface area contributed by atoms with Crippen molar-refractivity contribution in [1.29, 1.82) is 0 Å². The largest absolute Gasteiger partial charge is 0.492 e. The Labute approximate surface area is 221 Å². The number of aliphatic hydroxyl groups excluding tert-OH is 1. The lowest BCUT2D eigenvalue weighted by Crippen LogP contribution is -2.33. The number of aliphatic hydroxyl groups is 1. The SMILES string of the molecule is CSc1c(F)cc(F)cc1-c1ccc2ccccc2c1C(O)c1ccc(OCCN2CCCCC2)cc1. The van der Waals surface area contributed by atoms with E-state index in [4.69, 9.17) is 4.74 Å². The molecule has 1 unspecified atom stereocenters. The summed E-state index contributed by atoms with van der Waals surface area (Å²) in [5, 5.41) is 13.4. The number of halogens is 2. The summed E-state index contributed by atoms with van der Waals surface area (Å²) in [4.78, 5) is 2.78. The lowest BCUT2D eigenvalue weighted by atomic mass is 9.88. The summed E-state index contributed by atoms with van der Waals surface area (Å²) in [5.41, 5.74) is 2.35. The van der Waals surface area contributed by atoms with E-state index in [1.165, 1.54) is 37.1 Å². The highest BCUT2D eigenvalue weighted by Gasteiger charge is 2.22. The fourth-order valence-corrected chi connectivity index (χ4v) is 5.82. The maximum atomic E-state index is 14.7. The van der Waals surface area contributed by atoms with Gasteiger partial charge >= 0.3 is 0 Å². The van der Waals surface area contributed by atoms with Crippen molar-refractivity contribution in [3.63, 3.8) is 0 Å². The van der Waals surface area contributed by atoms with Crippen molar-refractivity contribution in [2.45, 2.75) is 30.3 Å². The molecule has 0 aromatic heterocycles. The molecule has 0 saturated carbocycles. The van der Waals surface area contributed by atoms with Crippen LogP contribution in [0.4, 0.5) is 8.78 Å². The topological polar surface area (TPSA) is 32.7 Å². The van der Waals surface area contributed by atoms with Crippen molar-refractivity contribution in [3.8, 4) is 16.9 Å². The molecule has 0 spiro atoms. The van der Waals surface area contributed by atoms with Crippen LogP contribution in [0.5, 0.6) is 5.75 Å². The fourth-order valence-electron chi connectivity index (χ4n) is 5.18. The van der Waals surface area contributed by atoms with E-state index >= 15 is 0 Å². The van der Waals surface area contributed by atoms with Crippen LogP contribution in [-0.2, 0) is 0 Å². The van der Waals surface area contributed by atoms with Crippen molar-refractivity contribution in [1.82, 2.24) is 4.90 Å². The quantitative estimate of drug-likeness (QED) is 0.245. The molecule has 3 nitrogen and oxygen atoms in total. The second kappa shape index (κ2) is 11.6. The van der Waals surface area contributed by atoms with E-state index in [2.05, 4.69) is 4.90 Å². The standard InChI is InChI=1S/C31H31F2NO2S/c1-37-31-27(19-23(32)20-28(31)33)26-14-11-21-7-3-4-8-25(21)29(26)30(35)22-9-12-24(13-10-22)36-18-17-34-15-5-2-6-16-34/h3-4,7-14,19-20,30,35H,2,5-6,15-18H2,1H3. The second-order valence-electron chi connectivity index (χ2n) is 9.44. The second-order valence-corrected chi connectivity index (χ2v) is 10.3. The van der Waals surface area contributed by atoms with Gasteiger partial charge in [0.15, 0.2) is 0 Å². The molecule has 0 radical (unpaired) electrons. The number of hydrogen-bond donors (Lipinski definition) is 1. The van der Waals surface area contributed by atoms with Crippen LogP contribution in [0.2, 0.25) is 0 Å². The minimum atomic E-state index is -0.996. The molecule has 192 valence electrons. The molecule has 0 amide bonds. The summed E-state index contributed by atoms with van der Waals surface area (Å²) in [5.74, 6) is -0.505. The van der Waals surface area contributed by atoms with Crippen molar-refractivity contribution < 1.29 is 18.6 Å². The molecule has 37 heavy (non-hydrogen) atoms. The van der Waals surface area contributed by atoms with Gasteiger partial charge in [0.25, 0.3) is 0 Å². The molecule has 4 aromatic carbocycles. The monoisotopic (exact) mass is 519 g/mol. The maximum absolute atomic E-state index is 14.7. The van der Waals surface area contributed by atoms with Crippen molar-refractivity contribution >= 4 is 22.5 Å². The van der Waals surface area contributed by atoms with Gasteiger partial charge < -0.3 is 9.84 Å². The number of likely N-dealkylation sites (tertiary alicyclic amines) is 1. The molecule has 0 aliphatic carbocycles. The molecule has 1 aliphatic rings. The van der Waals surface area contributed by atoms with Gasteiger partial charge in [0, 0.05) is 23.7 Å². The van der Waals surface area contributed by atoms with Gasteiger partial charge in [0.1, 0.15) is 30.1 Å². The van der Waals surface area contributed by atoms with Gasteiger partial charge in [-0.25, -0.2) is 8.78 Å². The number of ether oxygens (including phenoxy) is 1. The van der Waals surface area contributed by atoms with E-state index in [1.807, 2.05) is 60.7 Å². The zero-order valence-electron chi connectivity index (χ0n) is 20.9. The van der Waals surface area contributed by atoms with E-state index in [0.29, 0.717) is 33.8 Å². The van der Waals surface area contributed by atoms with Crippen LogP contribution in [0.25, 0.3) is 21.9 Å². The first-order chi connectivity index (χ1) is 18.0.